The number of ether oxygens (including phenoxy) is 1. The van der Waals surface area contributed by atoms with E-state index in [0.717, 1.165) is 0 Å². The Morgan fingerprint density at radius 3 is 2.56 bits per heavy atom. The second-order valence-corrected chi connectivity index (χ2v) is 3.99. The average molecular weight is 320 g/mol. The van der Waals surface area contributed by atoms with Crippen molar-refractivity contribution < 1.29 is 23.0 Å². The van der Waals surface area contributed by atoms with E-state index in [4.69, 9.17) is 16.7 Å². The van der Waals surface area contributed by atoms with Crippen LogP contribution in [0.3, 0.4) is 0 Å². The second-order valence-electron chi connectivity index (χ2n) is 2.78. The fourth-order valence-electron chi connectivity index (χ4n) is 0.883. The summed E-state index contributed by atoms with van der Waals surface area (Å²) >= 11 is 8.58. The SMILES string of the molecule is OCc1cc(Br)c(OCC(F)(F)F)c(Cl)n1. The first kappa shape index (κ1) is 13.5. The van der Waals surface area contributed by atoms with E-state index in [9.17, 15) is 13.2 Å². The summed E-state index contributed by atoms with van der Waals surface area (Å²) < 4.78 is 40.4. The molecule has 3 nitrogen and oxygen atoms in total. The maximum Gasteiger partial charge on any atom is 0.422 e. The van der Waals surface area contributed by atoms with Crippen LogP contribution in [0.15, 0.2) is 10.5 Å². The van der Waals surface area contributed by atoms with E-state index >= 15 is 0 Å². The summed E-state index contributed by atoms with van der Waals surface area (Å²) in [5.74, 6) is -0.198. The van der Waals surface area contributed by atoms with E-state index in [1.165, 1.54) is 6.07 Å². The van der Waals surface area contributed by atoms with Crippen LogP contribution in [0.25, 0.3) is 0 Å². The number of rotatable bonds is 3. The smallest absolute Gasteiger partial charge is 0.422 e. The molecule has 90 valence electrons. The van der Waals surface area contributed by atoms with Crippen molar-refractivity contribution in [2.24, 2.45) is 0 Å². The van der Waals surface area contributed by atoms with E-state index < -0.39 is 12.8 Å². The van der Waals surface area contributed by atoms with Gasteiger partial charge in [-0.2, -0.15) is 13.2 Å². The highest BCUT2D eigenvalue weighted by Crippen LogP contribution is 2.33. The zero-order valence-corrected chi connectivity index (χ0v) is 10.0. The minimum absolute atomic E-state index is 0.198. The molecule has 0 amide bonds. The molecule has 8 heteroatoms. The quantitative estimate of drug-likeness (QED) is 0.871. The Morgan fingerprint density at radius 1 is 1.50 bits per heavy atom. The van der Waals surface area contributed by atoms with Crippen molar-refractivity contribution in [3.05, 3.63) is 21.4 Å². The minimum atomic E-state index is -4.45. The third kappa shape index (κ3) is 3.80. The maximum atomic E-state index is 11.9. The van der Waals surface area contributed by atoms with Crippen molar-refractivity contribution in [2.75, 3.05) is 6.61 Å². The number of pyridine rings is 1. The first-order valence-corrected chi connectivity index (χ1v) is 5.16. The Bertz CT molecular complexity index is 363. The summed E-state index contributed by atoms with van der Waals surface area (Å²) in [4.78, 5) is 3.65. The molecule has 0 atom stereocenters. The summed E-state index contributed by atoms with van der Waals surface area (Å²) in [5, 5.41) is 8.54. The van der Waals surface area contributed by atoms with Crippen LogP contribution < -0.4 is 4.74 Å². The fraction of sp³-hybridized carbons (Fsp3) is 0.375. The molecular formula is C8H6BrClF3NO2. The van der Waals surface area contributed by atoms with Gasteiger partial charge in [-0.3, -0.25) is 0 Å². The molecule has 0 bridgehead atoms. The van der Waals surface area contributed by atoms with Gasteiger partial charge in [0.25, 0.3) is 0 Å². The zero-order chi connectivity index (χ0) is 12.3. The molecule has 0 aromatic carbocycles. The van der Waals surface area contributed by atoms with Gasteiger partial charge in [0.15, 0.2) is 17.5 Å². The molecule has 0 unspecified atom stereocenters. The van der Waals surface area contributed by atoms with Crippen LogP contribution in [0.1, 0.15) is 5.69 Å². The van der Waals surface area contributed by atoms with Gasteiger partial charge in [0.2, 0.25) is 0 Å². The van der Waals surface area contributed by atoms with E-state index in [-0.39, 0.29) is 27.7 Å². The highest BCUT2D eigenvalue weighted by Gasteiger charge is 2.29. The van der Waals surface area contributed by atoms with E-state index in [1.807, 2.05) is 0 Å². The van der Waals surface area contributed by atoms with Crippen LogP contribution in [-0.2, 0) is 6.61 Å². The van der Waals surface area contributed by atoms with E-state index in [0.29, 0.717) is 0 Å². The topological polar surface area (TPSA) is 42.4 Å². The lowest BCUT2D eigenvalue weighted by Crippen LogP contribution is -2.19. The molecule has 0 saturated carbocycles. The van der Waals surface area contributed by atoms with Gasteiger partial charge in [-0.05, 0) is 22.0 Å². The number of halogens is 5. The number of alkyl halides is 3. The fourth-order valence-corrected chi connectivity index (χ4v) is 1.83. The van der Waals surface area contributed by atoms with Gasteiger partial charge in [-0.15, -0.1) is 0 Å². The van der Waals surface area contributed by atoms with Gasteiger partial charge >= 0.3 is 6.18 Å². The molecule has 1 aromatic heterocycles. The van der Waals surface area contributed by atoms with Gasteiger partial charge in [0.1, 0.15) is 0 Å². The molecule has 1 rings (SSSR count). The lowest BCUT2D eigenvalue weighted by molar-refractivity contribution is -0.153. The van der Waals surface area contributed by atoms with Crippen molar-refractivity contribution in [2.45, 2.75) is 12.8 Å². The van der Waals surface area contributed by atoms with Crippen molar-refractivity contribution in [3.63, 3.8) is 0 Å². The number of aliphatic hydroxyl groups is 1. The number of hydrogen-bond donors (Lipinski definition) is 1. The number of nitrogens with zero attached hydrogens (tertiary/aromatic N) is 1. The van der Waals surface area contributed by atoms with Gasteiger partial charge < -0.3 is 9.84 Å². The Balaban J connectivity index is 2.88. The lowest BCUT2D eigenvalue weighted by atomic mass is 10.3. The third-order valence-electron chi connectivity index (χ3n) is 1.48. The van der Waals surface area contributed by atoms with Crippen molar-refractivity contribution in [1.82, 2.24) is 4.98 Å². The number of hydrogen-bond acceptors (Lipinski definition) is 3. The Hall–Kier alpha value is -0.530. The predicted molar refractivity (Wildman–Crippen MR) is 54.4 cm³/mol. The molecule has 0 radical (unpaired) electrons. The second kappa shape index (κ2) is 5.20. The monoisotopic (exact) mass is 319 g/mol. The van der Waals surface area contributed by atoms with E-state index in [1.54, 1.807) is 0 Å². The summed E-state index contributed by atoms with van der Waals surface area (Å²) in [6.45, 7) is -1.82. The molecule has 0 aliphatic carbocycles. The molecule has 0 aliphatic heterocycles. The summed E-state index contributed by atoms with van der Waals surface area (Å²) in [7, 11) is 0. The molecule has 16 heavy (non-hydrogen) atoms. The largest absolute Gasteiger partial charge is 0.480 e. The molecule has 0 aliphatic rings. The molecule has 1 N–H and O–H groups in total. The predicted octanol–water partition coefficient (Wildman–Crippen LogP) is 2.93. The van der Waals surface area contributed by atoms with Crippen molar-refractivity contribution in [3.8, 4) is 5.75 Å². The lowest BCUT2D eigenvalue weighted by Gasteiger charge is -2.12. The van der Waals surface area contributed by atoms with Crippen LogP contribution in [0.4, 0.5) is 13.2 Å². The molecule has 0 fully saturated rings. The van der Waals surface area contributed by atoms with Crippen LogP contribution in [-0.4, -0.2) is 22.9 Å². The first-order chi connectivity index (χ1) is 7.33. The Kier molecular flexibility index (Phi) is 4.40. The molecular weight excluding hydrogens is 314 g/mol. The van der Waals surface area contributed by atoms with Gasteiger partial charge in [0.05, 0.1) is 16.8 Å². The summed E-state index contributed by atoms with van der Waals surface area (Å²) in [6.07, 6.45) is -4.45. The highest BCUT2D eigenvalue weighted by molar-refractivity contribution is 9.10. The van der Waals surface area contributed by atoms with Gasteiger partial charge in [0, 0.05) is 0 Å². The Labute approximate surface area is 102 Å². The molecule has 0 saturated heterocycles. The van der Waals surface area contributed by atoms with Crippen LogP contribution in [0, 0.1) is 0 Å². The number of aliphatic hydroxyl groups excluding tert-OH is 1. The van der Waals surface area contributed by atoms with Gasteiger partial charge in [-0.1, -0.05) is 11.6 Å². The summed E-state index contributed by atoms with van der Waals surface area (Å²) in [5.41, 5.74) is 0.233. The van der Waals surface area contributed by atoms with Crippen molar-refractivity contribution in [1.29, 1.82) is 0 Å². The molecule has 1 heterocycles. The number of aromatic nitrogens is 1. The average Bonchev–Trinajstić information content (AvgIpc) is 2.14. The highest BCUT2D eigenvalue weighted by atomic mass is 79.9. The normalized spacial score (nSPS) is 11.6. The zero-order valence-electron chi connectivity index (χ0n) is 7.68. The van der Waals surface area contributed by atoms with Gasteiger partial charge in [-0.25, -0.2) is 4.98 Å². The molecule has 0 spiro atoms. The summed E-state index contributed by atoms with van der Waals surface area (Å²) in [6, 6.07) is 1.33. The van der Waals surface area contributed by atoms with Crippen LogP contribution in [0.5, 0.6) is 5.75 Å². The maximum absolute atomic E-state index is 11.9. The first-order valence-electron chi connectivity index (χ1n) is 3.99. The van der Waals surface area contributed by atoms with E-state index in [2.05, 4.69) is 25.7 Å². The Morgan fingerprint density at radius 2 is 2.12 bits per heavy atom. The third-order valence-corrected chi connectivity index (χ3v) is 2.33. The van der Waals surface area contributed by atoms with Crippen LogP contribution >= 0.6 is 27.5 Å². The molecule has 1 aromatic rings. The van der Waals surface area contributed by atoms with Crippen molar-refractivity contribution >= 4 is 27.5 Å². The standard InChI is InChI=1S/C8H6BrClF3NO2/c9-5-1-4(2-15)14-7(10)6(5)16-3-8(11,12)13/h1,15H,2-3H2. The minimum Gasteiger partial charge on any atom is -0.480 e. The van der Waals surface area contributed by atoms with Crippen LogP contribution in [0.2, 0.25) is 5.15 Å².